The maximum absolute atomic E-state index is 12.3. The maximum atomic E-state index is 12.3. The number of aromatic nitrogens is 3. The monoisotopic (exact) mass is 311 g/mol. The van der Waals surface area contributed by atoms with Crippen LogP contribution in [0.5, 0.6) is 5.75 Å². The van der Waals surface area contributed by atoms with Gasteiger partial charge in [0.05, 0.1) is 18.3 Å². The number of ether oxygens (including phenoxy) is 1. The second-order valence-electron chi connectivity index (χ2n) is 5.83. The normalized spacial score (nSPS) is 11.0. The molecule has 23 heavy (non-hydrogen) atoms. The standard InChI is InChI=1S/C18H21N3O2/c1-13-6-5-7-15(10-13)23-9-4-3-8-21-12-19-17-16(18(21)22)11-14(2)20-17/h5-7,10-12,20H,3-4,8-9H2,1-2H3. The van der Waals surface area contributed by atoms with E-state index in [1.54, 1.807) is 10.9 Å². The molecule has 0 saturated carbocycles. The van der Waals surface area contributed by atoms with Crippen molar-refractivity contribution in [3.8, 4) is 5.75 Å². The molecule has 0 aliphatic rings. The van der Waals surface area contributed by atoms with Crippen LogP contribution in [0.3, 0.4) is 0 Å². The molecule has 2 heterocycles. The van der Waals surface area contributed by atoms with E-state index >= 15 is 0 Å². The third-order valence-electron chi connectivity index (χ3n) is 3.80. The summed E-state index contributed by atoms with van der Waals surface area (Å²) in [5.74, 6) is 0.896. The molecule has 0 atom stereocenters. The molecule has 120 valence electrons. The molecule has 5 nitrogen and oxygen atoms in total. The third kappa shape index (κ3) is 3.62. The number of fused-ring (bicyclic) bond motifs is 1. The number of unbranched alkanes of at least 4 members (excludes halogenated alkanes) is 1. The number of hydrogen-bond donors (Lipinski definition) is 1. The smallest absolute Gasteiger partial charge is 0.262 e. The molecule has 1 N–H and O–H groups in total. The Morgan fingerprint density at radius 2 is 2.09 bits per heavy atom. The number of hydrogen-bond acceptors (Lipinski definition) is 3. The molecule has 0 spiro atoms. The summed E-state index contributed by atoms with van der Waals surface area (Å²) in [6.45, 7) is 5.28. The molecular weight excluding hydrogens is 290 g/mol. The number of aryl methyl sites for hydroxylation is 3. The fourth-order valence-corrected chi connectivity index (χ4v) is 2.61. The first kappa shape index (κ1) is 15.3. The Morgan fingerprint density at radius 3 is 2.91 bits per heavy atom. The van der Waals surface area contributed by atoms with Crippen LogP contribution in [0.25, 0.3) is 11.0 Å². The Morgan fingerprint density at radius 1 is 1.22 bits per heavy atom. The molecule has 0 aliphatic heterocycles. The molecule has 1 aromatic carbocycles. The summed E-state index contributed by atoms with van der Waals surface area (Å²) in [7, 11) is 0. The van der Waals surface area contributed by atoms with E-state index in [1.165, 1.54) is 5.56 Å². The molecule has 0 saturated heterocycles. The highest BCUT2D eigenvalue weighted by Gasteiger charge is 2.06. The average molecular weight is 311 g/mol. The van der Waals surface area contributed by atoms with Crippen molar-refractivity contribution in [2.45, 2.75) is 33.2 Å². The zero-order valence-corrected chi connectivity index (χ0v) is 13.5. The molecule has 3 aromatic rings. The fraction of sp³-hybridized carbons (Fsp3) is 0.333. The van der Waals surface area contributed by atoms with Crippen LogP contribution in [0.1, 0.15) is 24.1 Å². The summed E-state index contributed by atoms with van der Waals surface area (Å²) in [5, 5.41) is 0.654. The van der Waals surface area contributed by atoms with E-state index in [2.05, 4.69) is 9.97 Å². The highest BCUT2D eigenvalue weighted by atomic mass is 16.5. The van der Waals surface area contributed by atoms with Crippen molar-refractivity contribution in [1.82, 2.24) is 14.5 Å². The second kappa shape index (κ2) is 6.69. The number of benzene rings is 1. The van der Waals surface area contributed by atoms with E-state index < -0.39 is 0 Å². The van der Waals surface area contributed by atoms with Gasteiger partial charge in [-0.05, 0) is 50.5 Å². The Bertz CT molecular complexity index is 864. The van der Waals surface area contributed by atoms with Crippen LogP contribution < -0.4 is 10.3 Å². The summed E-state index contributed by atoms with van der Waals surface area (Å²) < 4.78 is 7.39. The minimum atomic E-state index is 0.0129. The van der Waals surface area contributed by atoms with E-state index in [0.717, 1.165) is 24.3 Å². The van der Waals surface area contributed by atoms with Crippen molar-refractivity contribution < 1.29 is 4.74 Å². The first-order valence-electron chi connectivity index (χ1n) is 7.88. The van der Waals surface area contributed by atoms with Gasteiger partial charge in [0.25, 0.3) is 5.56 Å². The van der Waals surface area contributed by atoms with Crippen LogP contribution >= 0.6 is 0 Å². The van der Waals surface area contributed by atoms with Gasteiger partial charge in [-0.25, -0.2) is 4.98 Å². The lowest BCUT2D eigenvalue weighted by atomic mass is 10.2. The van der Waals surface area contributed by atoms with Gasteiger partial charge in [0.15, 0.2) is 0 Å². The molecule has 0 radical (unpaired) electrons. The van der Waals surface area contributed by atoms with Crippen LogP contribution in [-0.4, -0.2) is 21.1 Å². The van der Waals surface area contributed by atoms with E-state index in [4.69, 9.17) is 4.74 Å². The van der Waals surface area contributed by atoms with E-state index in [9.17, 15) is 4.79 Å². The first-order chi connectivity index (χ1) is 11.1. The summed E-state index contributed by atoms with van der Waals surface area (Å²) in [6, 6.07) is 9.87. The molecule has 3 rings (SSSR count). The molecule has 0 unspecified atom stereocenters. The molecule has 0 amide bonds. The zero-order chi connectivity index (χ0) is 16.2. The Labute approximate surface area is 134 Å². The van der Waals surface area contributed by atoms with Crippen molar-refractivity contribution in [3.63, 3.8) is 0 Å². The van der Waals surface area contributed by atoms with Gasteiger partial charge in [-0.2, -0.15) is 0 Å². The number of nitrogens with zero attached hydrogens (tertiary/aromatic N) is 2. The fourth-order valence-electron chi connectivity index (χ4n) is 2.61. The van der Waals surface area contributed by atoms with Crippen LogP contribution in [0.4, 0.5) is 0 Å². The predicted octanol–water partition coefficient (Wildman–Crippen LogP) is 3.20. The zero-order valence-electron chi connectivity index (χ0n) is 13.5. The van der Waals surface area contributed by atoms with Gasteiger partial charge in [0.1, 0.15) is 11.4 Å². The van der Waals surface area contributed by atoms with E-state index in [1.807, 2.05) is 44.2 Å². The lowest BCUT2D eigenvalue weighted by molar-refractivity contribution is 0.302. The minimum absolute atomic E-state index is 0.0129. The summed E-state index contributed by atoms with van der Waals surface area (Å²) in [4.78, 5) is 19.7. The van der Waals surface area contributed by atoms with Crippen LogP contribution in [0, 0.1) is 13.8 Å². The topological polar surface area (TPSA) is 59.9 Å². The van der Waals surface area contributed by atoms with Crippen molar-refractivity contribution in [2.75, 3.05) is 6.61 Å². The largest absolute Gasteiger partial charge is 0.494 e. The van der Waals surface area contributed by atoms with E-state index in [-0.39, 0.29) is 5.56 Å². The highest BCUT2D eigenvalue weighted by Crippen LogP contribution is 2.13. The van der Waals surface area contributed by atoms with Crippen molar-refractivity contribution in [2.24, 2.45) is 0 Å². The Kier molecular flexibility index (Phi) is 4.46. The molecule has 0 fully saturated rings. The number of nitrogens with one attached hydrogen (secondary N) is 1. The van der Waals surface area contributed by atoms with Crippen LogP contribution in [0.2, 0.25) is 0 Å². The van der Waals surface area contributed by atoms with Gasteiger partial charge < -0.3 is 9.72 Å². The van der Waals surface area contributed by atoms with Gasteiger partial charge in [-0.1, -0.05) is 12.1 Å². The third-order valence-corrected chi connectivity index (χ3v) is 3.80. The summed E-state index contributed by atoms with van der Waals surface area (Å²) in [6.07, 6.45) is 3.38. The van der Waals surface area contributed by atoms with E-state index in [0.29, 0.717) is 24.2 Å². The second-order valence-corrected chi connectivity index (χ2v) is 5.83. The lowest BCUT2D eigenvalue weighted by Crippen LogP contribution is -2.20. The number of aromatic amines is 1. The Balaban J connectivity index is 1.53. The summed E-state index contributed by atoms with van der Waals surface area (Å²) >= 11 is 0. The van der Waals surface area contributed by atoms with Gasteiger partial charge in [-0.3, -0.25) is 9.36 Å². The Hall–Kier alpha value is -2.56. The lowest BCUT2D eigenvalue weighted by Gasteiger charge is -2.08. The molecular formula is C18H21N3O2. The number of H-pyrrole nitrogens is 1. The molecule has 0 aliphatic carbocycles. The van der Waals surface area contributed by atoms with Crippen molar-refractivity contribution in [3.05, 3.63) is 58.3 Å². The first-order valence-corrected chi connectivity index (χ1v) is 7.88. The maximum Gasteiger partial charge on any atom is 0.262 e. The van der Waals surface area contributed by atoms with Crippen molar-refractivity contribution in [1.29, 1.82) is 0 Å². The van der Waals surface area contributed by atoms with Gasteiger partial charge in [-0.15, -0.1) is 0 Å². The molecule has 2 aromatic heterocycles. The molecule has 0 bridgehead atoms. The van der Waals surface area contributed by atoms with Gasteiger partial charge in [0.2, 0.25) is 0 Å². The van der Waals surface area contributed by atoms with Gasteiger partial charge in [0, 0.05) is 12.2 Å². The van der Waals surface area contributed by atoms with Crippen molar-refractivity contribution >= 4 is 11.0 Å². The van der Waals surface area contributed by atoms with Gasteiger partial charge >= 0.3 is 0 Å². The quantitative estimate of drug-likeness (QED) is 0.711. The summed E-state index contributed by atoms with van der Waals surface area (Å²) in [5.41, 5.74) is 2.81. The number of rotatable bonds is 6. The highest BCUT2D eigenvalue weighted by molar-refractivity contribution is 5.74. The van der Waals surface area contributed by atoms with Crippen LogP contribution in [-0.2, 0) is 6.54 Å². The van der Waals surface area contributed by atoms with Crippen LogP contribution in [0.15, 0.2) is 41.5 Å². The molecule has 5 heteroatoms. The SMILES string of the molecule is Cc1cccc(OCCCCn2cnc3[nH]c(C)cc3c2=O)c1. The predicted molar refractivity (Wildman–Crippen MR) is 91.0 cm³/mol. The minimum Gasteiger partial charge on any atom is -0.494 e. The average Bonchev–Trinajstić information content (AvgIpc) is 2.91.